The van der Waals surface area contributed by atoms with Crippen molar-refractivity contribution in [2.45, 2.75) is 31.8 Å². The maximum Gasteiger partial charge on any atom is 1.00 e. The Morgan fingerprint density at radius 3 is 2.53 bits per heavy atom. The van der Waals surface area contributed by atoms with Gasteiger partial charge >= 0.3 is 29.6 Å². The van der Waals surface area contributed by atoms with E-state index in [2.05, 4.69) is 6.92 Å². The van der Waals surface area contributed by atoms with Crippen molar-refractivity contribution < 1.29 is 39.5 Å². The third-order valence-electron chi connectivity index (χ3n) is 3.08. The van der Waals surface area contributed by atoms with Crippen LogP contribution in [0.4, 0.5) is 0 Å². The summed E-state index contributed by atoms with van der Waals surface area (Å²) in [6, 6.07) is 9.39. The summed E-state index contributed by atoms with van der Waals surface area (Å²) in [7, 11) is 0. The number of hydrogen-bond donors (Lipinski definition) is 0. The first-order valence-electron chi connectivity index (χ1n) is 5.77. The van der Waals surface area contributed by atoms with Crippen LogP contribution >= 0.6 is 0 Å². The van der Waals surface area contributed by atoms with Crippen LogP contribution in [-0.4, -0.2) is 23.5 Å². The van der Waals surface area contributed by atoms with Crippen LogP contribution in [0.5, 0.6) is 0 Å². The number of aliphatic carboxylic acids is 1. The normalized spacial score (nSPS) is 26.1. The molecule has 0 aromatic heterocycles. The van der Waals surface area contributed by atoms with Crippen molar-refractivity contribution in [3.63, 3.8) is 0 Å². The number of carbonyl (C=O) groups excluding carboxylic acids is 1. The van der Waals surface area contributed by atoms with Gasteiger partial charge < -0.3 is 9.90 Å². The summed E-state index contributed by atoms with van der Waals surface area (Å²) in [6.07, 6.45) is 2.12. The Balaban J connectivity index is 0.00000144. The van der Waals surface area contributed by atoms with E-state index in [9.17, 15) is 9.90 Å². The second-order valence-corrected chi connectivity index (χ2v) is 4.21. The molecule has 3 atom stereocenters. The zero-order chi connectivity index (χ0) is 11.5. The second-order valence-electron chi connectivity index (χ2n) is 4.21. The number of carboxylic acid groups (broad SMARTS) is 1. The van der Waals surface area contributed by atoms with Gasteiger partial charge in [0.2, 0.25) is 0 Å². The molecule has 2 rings (SSSR count). The summed E-state index contributed by atoms with van der Waals surface area (Å²) in [5.74, 6) is -0.954. The molecule has 0 radical (unpaired) electrons. The average molecular weight is 241 g/mol. The molecule has 0 saturated carbocycles. The first-order chi connectivity index (χ1) is 7.75. The van der Waals surface area contributed by atoms with Gasteiger partial charge in [-0.1, -0.05) is 43.7 Å². The van der Waals surface area contributed by atoms with Gasteiger partial charge in [-0.25, -0.2) is 0 Å². The van der Waals surface area contributed by atoms with Gasteiger partial charge in [-0.2, -0.15) is 0 Å². The largest absolute Gasteiger partial charge is 1.00 e. The van der Waals surface area contributed by atoms with E-state index in [0.29, 0.717) is 0 Å². The minimum absolute atomic E-state index is 0. The average Bonchev–Trinajstić information content (AvgIpc) is 3.02. The fourth-order valence-electron chi connectivity index (χ4n) is 2.18. The minimum Gasteiger partial charge on any atom is -0.548 e. The van der Waals surface area contributed by atoms with E-state index in [4.69, 9.17) is 0 Å². The smallest absolute Gasteiger partial charge is 0.548 e. The maximum absolute atomic E-state index is 11.0. The number of rotatable bonds is 5. The van der Waals surface area contributed by atoms with Crippen molar-refractivity contribution in [1.29, 1.82) is 0 Å². The van der Waals surface area contributed by atoms with Crippen LogP contribution in [-0.2, 0) is 4.79 Å². The van der Waals surface area contributed by atoms with Crippen molar-refractivity contribution in [3.8, 4) is 0 Å². The fourth-order valence-corrected chi connectivity index (χ4v) is 2.18. The summed E-state index contributed by atoms with van der Waals surface area (Å²) < 4.78 is 0. The Bertz CT molecular complexity index is 369. The summed E-state index contributed by atoms with van der Waals surface area (Å²) in [6.45, 7) is 2.95. The molecule has 17 heavy (non-hydrogen) atoms. The van der Waals surface area contributed by atoms with Gasteiger partial charge in [-0.3, -0.25) is 4.90 Å². The molecule has 86 valence electrons. The Morgan fingerprint density at radius 1 is 1.35 bits per heavy atom. The predicted octanol–water partition coefficient (Wildman–Crippen LogP) is -2.03. The molecular formula is C13H16NNaO2. The van der Waals surface area contributed by atoms with Crippen LogP contribution in [0.1, 0.15) is 31.4 Å². The number of hydrogen-bond acceptors (Lipinski definition) is 3. The van der Waals surface area contributed by atoms with Crippen molar-refractivity contribution in [2.75, 3.05) is 6.54 Å². The first-order valence-corrected chi connectivity index (χ1v) is 5.77. The van der Waals surface area contributed by atoms with E-state index < -0.39 is 12.0 Å². The summed E-state index contributed by atoms with van der Waals surface area (Å²) in [4.78, 5) is 13.0. The third-order valence-corrected chi connectivity index (χ3v) is 3.08. The zero-order valence-electron chi connectivity index (χ0n) is 10.4. The SMILES string of the molecule is CCCCN1[C@H](C(=O)[O-])[C@@H]1c1ccccc1.[Na+]. The minimum atomic E-state index is -0.954. The summed E-state index contributed by atoms with van der Waals surface area (Å²) in [5.41, 5.74) is 1.08. The van der Waals surface area contributed by atoms with Crippen LogP contribution < -0.4 is 34.7 Å². The zero-order valence-corrected chi connectivity index (χ0v) is 12.4. The molecule has 1 heterocycles. The van der Waals surface area contributed by atoms with Gasteiger partial charge in [0.1, 0.15) is 0 Å². The van der Waals surface area contributed by atoms with Gasteiger partial charge in [0.25, 0.3) is 0 Å². The Hall–Kier alpha value is -0.350. The van der Waals surface area contributed by atoms with Crippen molar-refractivity contribution in [1.82, 2.24) is 4.90 Å². The van der Waals surface area contributed by atoms with Gasteiger partial charge in [0.15, 0.2) is 0 Å². The number of carboxylic acids is 1. The molecule has 3 nitrogen and oxygen atoms in total. The number of unbranched alkanes of at least 4 members (excludes halogenated alkanes) is 1. The van der Waals surface area contributed by atoms with E-state index in [-0.39, 0.29) is 35.6 Å². The van der Waals surface area contributed by atoms with E-state index in [1.54, 1.807) is 0 Å². The first kappa shape index (κ1) is 14.7. The fraction of sp³-hybridized carbons (Fsp3) is 0.462. The van der Waals surface area contributed by atoms with Crippen molar-refractivity contribution in [2.24, 2.45) is 0 Å². The van der Waals surface area contributed by atoms with Crippen LogP contribution in [0, 0.1) is 0 Å². The van der Waals surface area contributed by atoms with Gasteiger partial charge in [0.05, 0.1) is 18.1 Å². The molecule has 0 N–H and O–H groups in total. The molecule has 1 saturated heterocycles. The number of carbonyl (C=O) groups is 1. The van der Waals surface area contributed by atoms with Gasteiger partial charge in [-0.05, 0) is 18.5 Å². The Labute approximate surface area is 124 Å². The van der Waals surface area contributed by atoms with Crippen LogP contribution in [0.2, 0.25) is 0 Å². The number of nitrogens with zero attached hydrogens (tertiary/aromatic N) is 1. The molecule has 1 aromatic carbocycles. The summed E-state index contributed by atoms with van der Waals surface area (Å²) in [5, 5.41) is 11.0. The maximum atomic E-state index is 11.0. The molecule has 1 aromatic rings. The van der Waals surface area contributed by atoms with Crippen molar-refractivity contribution in [3.05, 3.63) is 35.9 Å². The molecule has 0 aliphatic carbocycles. The van der Waals surface area contributed by atoms with Crippen LogP contribution in [0.25, 0.3) is 0 Å². The topological polar surface area (TPSA) is 43.1 Å². The molecule has 0 amide bonds. The number of benzene rings is 1. The monoisotopic (exact) mass is 241 g/mol. The standard InChI is InChI=1S/C13H17NO2.Na/c1-2-3-9-14-11(12(14)13(15)16)10-7-5-4-6-8-10;/h4-8,11-12H,2-3,9H2,1H3,(H,15,16);/q;+1/p-1/t11-,12-,14?;/m0./s1. The summed E-state index contributed by atoms with van der Waals surface area (Å²) >= 11 is 0. The molecule has 0 bridgehead atoms. The Kier molecular flexibility index (Phi) is 5.67. The quantitative estimate of drug-likeness (QED) is 0.441. The molecule has 4 heteroatoms. The third kappa shape index (κ3) is 3.32. The second kappa shape index (κ2) is 6.55. The van der Waals surface area contributed by atoms with Crippen LogP contribution in [0.15, 0.2) is 30.3 Å². The van der Waals surface area contributed by atoms with Crippen molar-refractivity contribution >= 4 is 5.97 Å². The van der Waals surface area contributed by atoms with E-state index in [0.717, 1.165) is 24.9 Å². The van der Waals surface area contributed by atoms with E-state index in [1.807, 2.05) is 35.2 Å². The van der Waals surface area contributed by atoms with E-state index >= 15 is 0 Å². The van der Waals surface area contributed by atoms with Gasteiger partial charge in [0, 0.05) is 0 Å². The van der Waals surface area contributed by atoms with Gasteiger partial charge in [-0.15, -0.1) is 0 Å². The molecule has 1 unspecified atom stereocenters. The molecule has 1 aliphatic heterocycles. The molecule has 1 aliphatic rings. The molecule has 1 fully saturated rings. The van der Waals surface area contributed by atoms with E-state index in [1.165, 1.54) is 0 Å². The molecular weight excluding hydrogens is 225 g/mol. The predicted molar refractivity (Wildman–Crippen MR) is 59.6 cm³/mol. The van der Waals surface area contributed by atoms with Crippen LogP contribution in [0.3, 0.4) is 0 Å². The molecule has 0 spiro atoms. The Morgan fingerprint density at radius 2 is 2.00 bits per heavy atom.